The normalized spacial score (nSPS) is 24.9. The summed E-state index contributed by atoms with van der Waals surface area (Å²) >= 11 is 0. The van der Waals surface area contributed by atoms with Crippen molar-refractivity contribution < 1.29 is 34.4 Å². The van der Waals surface area contributed by atoms with Crippen molar-refractivity contribution in [2.45, 2.75) is 64.5 Å². The smallest absolute Gasteiger partial charge is 0.309 e. The van der Waals surface area contributed by atoms with Crippen molar-refractivity contribution in [1.29, 1.82) is 0 Å². The third-order valence-electron chi connectivity index (χ3n) is 5.25. The summed E-state index contributed by atoms with van der Waals surface area (Å²) in [7, 11) is 0. The summed E-state index contributed by atoms with van der Waals surface area (Å²) in [6.45, 7) is 4.87. The SMILES string of the molecule is CCCCOC(=O)C1CC(O)C(N(CCO)CCO)CC1C(=O)OCCCC. The predicted octanol–water partition coefficient (Wildman–Crippen LogP) is 0.715. The molecule has 4 unspecified atom stereocenters. The minimum absolute atomic E-state index is 0.0938. The van der Waals surface area contributed by atoms with Crippen LogP contribution in [0.2, 0.25) is 0 Å². The molecule has 0 radical (unpaired) electrons. The number of ether oxygens (including phenoxy) is 2. The lowest BCUT2D eigenvalue weighted by Gasteiger charge is -2.42. The van der Waals surface area contributed by atoms with Gasteiger partial charge in [0.2, 0.25) is 0 Å². The van der Waals surface area contributed by atoms with Gasteiger partial charge in [0.05, 0.1) is 44.4 Å². The summed E-state index contributed by atoms with van der Waals surface area (Å²) in [4.78, 5) is 27.0. The number of esters is 2. The summed E-state index contributed by atoms with van der Waals surface area (Å²) in [6, 6.07) is -0.442. The van der Waals surface area contributed by atoms with E-state index in [9.17, 15) is 24.9 Å². The van der Waals surface area contributed by atoms with Gasteiger partial charge in [-0.3, -0.25) is 14.5 Å². The minimum Gasteiger partial charge on any atom is -0.465 e. The van der Waals surface area contributed by atoms with Crippen LogP contribution >= 0.6 is 0 Å². The highest BCUT2D eigenvalue weighted by molar-refractivity contribution is 5.82. The lowest BCUT2D eigenvalue weighted by atomic mass is 9.74. The second-order valence-electron chi connectivity index (χ2n) is 7.34. The van der Waals surface area contributed by atoms with E-state index in [0.29, 0.717) is 13.2 Å². The fourth-order valence-corrected chi connectivity index (χ4v) is 3.63. The third kappa shape index (κ3) is 7.66. The van der Waals surface area contributed by atoms with Crippen LogP contribution in [0.1, 0.15) is 52.4 Å². The van der Waals surface area contributed by atoms with Gasteiger partial charge in [-0.25, -0.2) is 0 Å². The van der Waals surface area contributed by atoms with Crippen LogP contribution in [0, 0.1) is 11.8 Å². The van der Waals surface area contributed by atoms with Crippen molar-refractivity contribution in [2.75, 3.05) is 39.5 Å². The maximum Gasteiger partial charge on any atom is 0.309 e. The molecule has 164 valence electrons. The van der Waals surface area contributed by atoms with Crippen molar-refractivity contribution in [3.8, 4) is 0 Å². The zero-order valence-electron chi connectivity index (χ0n) is 17.2. The van der Waals surface area contributed by atoms with Crippen LogP contribution in [0.5, 0.6) is 0 Å². The molecule has 1 aliphatic carbocycles. The maximum absolute atomic E-state index is 12.7. The van der Waals surface area contributed by atoms with Gasteiger partial charge in [-0.15, -0.1) is 0 Å². The van der Waals surface area contributed by atoms with Gasteiger partial charge in [0.15, 0.2) is 0 Å². The average Bonchev–Trinajstić information content (AvgIpc) is 2.67. The van der Waals surface area contributed by atoms with Crippen LogP contribution in [-0.4, -0.2) is 83.8 Å². The Morgan fingerprint density at radius 2 is 1.36 bits per heavy atom. The highest BCUT2D eigenvalue weighted by Gasteiger charge is 2.46. The van der Waals surface area contributed by atoms with Gasteiger partial charge in [0, 0.05) is 19.1 Å². The van der Waals surface area contributed by atoms with Crippen LogP contribution in [0.15, 0.2) is 0 Å². The fourth-order valence-electron chi connectivity index (χ4n) is 3.63. The van der Waals surface area contributed by atoms with E-state index in [-0.39, 0.29) is 39.1 Å². The molecule has 0 aromatic rings. The Bertz CT molecular complexity index is 454. The number of aliphatic hydroxyl groups excluding tert-OH is 3. The lowest BCUT2D eigenvalue weighted by molar-refractivity contribution is -0.168. The topological polar surface area (TPSA) is 117 Å². The van der Waals surface area contributed by atoms with Gasteiger partial charge in [-0.1, -0.05) is 26.7 Å². The van der Waals surface area contributed by atoms with Crippen LogP contribution < -0.4 is 0 Å². The van der Waals surface area contributed by atoms with Crippen LogP contribution in [0.25, 0.3) is 0 Å². The quantitative estimate of drug-likeness (QED) is 0.304. The molecule has 0 heterocycles. The van der Waals surface area contributed by atoms with Crippen molar-refractivity contribution in [2.24, 2.45) is 11.8 Å². The van der Waals surface area contributed by atoms with E-state index in [1.807, 2.05) is 13.8 Å². The molecule has 1 fully saturated rings. The van der Waals surface area contributed by atoms with Crippen LogP contribution in [-0.2, 0) is 19.1 Å². The first-order valence-corrected chi connectivity index (χ1v) is 10.5. The van der Waals surface area contributed by atoms with E-state index >= 15 is 0 Å². The van der Waals surface area contributed by atoms with Crippen LogP contribution in [0.3, 0.4) is 0 Å². The average molecular weight is 404 g/mol. The summed E-state index contributed by atoms with van der Waals surface area (Å²) in [5.41, 5.74) is 0. The monoisotopic (exact) mass is 403 g/mol. The molecule has 0 aliphatic heterocycles. The van der Waals surface area contributed by atoms with Gasteiger partial charge in [0.25, 0.3) is 0 Å². The van der Waals surface area contributed by atoms with E-state index in [2.05, 4.69) is 0 Å². The highest BCUT2D eigenvalue weighted by atomic mass is 16.5. The van der Waals surface area contributed by atoms with E-state index in [1.165, 1.54) is 0 Å². The molecule has 0 amide bonds. The van der Waals surface area contributed by atoms with E-state index in [0.717, 1.165) is 25.7 Å². The summed E-state index contributed by atoms with van der Waals surface area (Å²) < 4.78 is 10.7. The number of unbranched alkanes of at least 4 members (excludes halogenated alkanes) is 2. The Labute approximate surface area is 167 Å². The second kappa shape index (κ2) is 13.9. The Morgan fingerprint density at radius 1 is 0.893 bits per heavy atom. The molecular weight excluding hydrogens is 366 g/mol. The summed E-state index contributed by atoms with van der Waals surface area (Å²) in [5, 5.41) is 29.2. The molecular formula is C20H37NO7. The van der Waals surface area contributed by atoms with Crippen molar-refractivity contribution >= 4 is 11.9 Å². The molecule has 0 aromatic heterocycles. The number of rotatable bonds is 13. The molecule has 4 atom stereocenters. The van der Waals surface area contributed by atoms with Crippen molar-refractivity contribution in [1.82, 2.24) is 4.90 Å². The summed E-state index contributed by atoms with van der Waals surface area (Å²) in [6.07, 6.45) is 2.73. The Hall–Kier alpha value is -1.22. The third-order valence-corrected chi connectivity index (χ3v) is 5.25. The minimum atomic E-state index is -0.860. The number of carbonyl (C=O) groups excluding carboxylic acids is 2. The predicted molar refractivity (Wildman–Crippen MR) is 103 cm³/mol. The van der Waals surface area contributed by atoms with Crippen molar-refractivity contribution in [3.05, 3.63) is 0 Å². The molecule has 8 heteroatoms. The molecule has 1 saturated carbocycles. The summed E-state index contributed by atoms with van der Waals surface area (Å²) in [5.74, 6) is -2.38. The standard InChI is InChI=1S/C20H37NO7/c1-3-5-11-27-19(25)15-13-17(21(7-9-22)8-10-23)18(24)14-16(15)20(26)28-12-6-4-2/h15-18,22-24H,3-14H2,1-2H3. The van der Waals surface area contributed by atoms with Gasteiger partial charge in [-0.2, -0.15) is 0 Å². The van der Waals surface area contributed by atoms with Gasteiger partial charge in [0.1, 0.15) is 0 Å². The zero-order chi connectivity index (χ0) is 20.9. The first-order valence-electron chi connectivity index (χ1n) is 10.5. The first-order chi connectivity index (χ1) is 13.5. The van der Waals surface area contributed by atoms with Gasteiger partial charge >= 0.3 is 11.9 Å². The molecule has 1 rings (SSSR count). The van der Waals surface area contributed by atoms with Crippen molar-refractivity contribution in [3.63, 3.8) is 0 Å². The van der Waals surface area contributed by atoms with E-state index in [1.54, 1.807) is 4.90 Å². The van der Waals surface area contributed by atoms with Crippen LogP contribution in [0.4, 0.5) is 0 Å². The fraction of sp³-hybridized carbons (Fsp3) is 0.900. The lowest BCUT2D eigenvalue weighted by Crippen LogP contribution is -2.54. The zero-order valence-corrected chi connectivity index (χ0v) is 17.2. The second-order valence-corrected chi connectivity index (χ2v) is 7.34. The van der Waals surface area contributed by atoms with E-state index in [4.69, 9.17) is 9.47 Å². The number of nitrogens with zero attached hydrogens (tertiary/aromatic N) is 1. The number of hydrogen-bond acceptors (Lipinski definition) is 8. The molecule has 1 aliphatic rings. The number of aliphatic hydroxyl groups is 3. The molecule has 0 bridgehead atoms. The Morgan fingerprint density at radius 3 is 1.79 bits per heavy atom. The molecule has 28 heavy (non-hydrogen) atoms. The van der Waals surface area contributed by atoms with Gasteiger partial charge < -0.3 is 24.8 Å². The molecule has 0 aromatic carbocycles. The Balaban J connectivity index is 2.92. The molecule has 0 saturated heterocycles. The highest BCUT2D eigenvalue weighted by Crippen LogP contribution is 2.35. The molecule has 0 spiro atoms. The maximum atomic E-state index is 12.7. The van der Waals surface area contributed by atoms with E-state index < -0.39 is 35.9 Å². The number of hydrogen-bond donors (Lipinski definition) is 3. The molecule has 8 nitrogen and oxygen atoms in total. The van der Waals surface area contributed by atoms with Gasteiger partial charge in [-0.05, 0) is 25.7 Å². The number of carbonyl (C=O) groups is 2. The first kappa shape index (κ1) is 24.8. The largest absolute Gasteiger partial charge is 0.465 e. The molecule has 3 N–H and O–H groups in total. The Kier molecular flexibility index (Phi) is 12.3.